The molecule has 0 aromatic heterocycles. The van der Waals surface area contributed by atoms with Crippen molar-refractivity contribution in [2.24, 2.45) is 5.92 Å². The summed E-state index contributed by atoms with van der Waals surface area (Å²) in [6.07, 6.45) is 41.6. The van der Waals surface area contributed by atoms with Crippen molar-refractivity contribution in [2.75, 3.05) is 0 Å². The minimum atomic E-state index is -1.02. The Hall–Kier alpha value is -1.51. The molecule has 0 unspecified atom stereocenters. The van der Waals surface area contributed by atoms with Gasteiger partial charge in [0, 0.05) is 12.8 Å². The summed E-state index contributed by atoms with van der Waals surface area (Å²) in [6, 6.07) is 0. The predicted molar refractivity (Wildman–Crippen MR) is 183 cm³/mol. The first-order chi connectivity index (χ1) is 20.5. The third-order valence-electron chi connectivity index (χ3n) is 8.42. The summed E-state index contributed by atoms with van der Waals surface area (Å²) in [6.45, 7) is 5.92. The molecule has 0 fully saturated rings. The van der Waals surface area contributed by atoms with E-state index in [1.807, 2.05) is 0 Å². The molecule has 0 rings (SSSR count). The van der Waals surface area contributed by atoms with E-state index in [2.05, 4.69) is 38.2 Å². The number of rotatable bonds is 33. The molecule has 0 aromatic carbocycles. The van der Waals surface area contributed by atoms with Crippen molar-refractivity contribution in [3.05, 3.63) is 24.3 Å². The lowest BCUT2D eigenvalue weighted by Crippen LogP contribution is -2.30. The maximum Gasteiger partial charge on any atom is 0.150 e. The molecule has 0 atom stereocenters. The van der Waals surface area contributed by atoms with Gasteiger partial charge in [-0.05, 0) is 71.1 Å². The fourth-order valence-electron chi connectivity index (χ4n) is 5.66. The van der Waals surface area contributed by atoms with Crippen molar-refractivity contribution in [1.29, 1.82) is 0 Å². The normalized spacial score (nSPS) is 12.5. The van der Waals surface area contributed by atoms with Crippen molar-refractivity contribution in [1.82, 2.24) is 0 Å². The molecule has 0 heterocycles. The summed E-state index contributed by atoms with van der Waals surface area (Å²) >= 11 is 0. The number of allylic oxidation sites excluding steroid dienone is 4. The van der Waals surface area contributed by atoms with Crippen LogP contribution in [-0.2, 0) is 14.4 Å². The van der Waals surface area contributed by atoms with Crippen LogP contribution in [0.15, 0.2) is 24.3 Å². The summed E-state index contributed by atoms with van der Waals surface area (Å²) in [4.78, 5) is 37.4. The zero-order valence-corrected chi connectivity index (χ0v) is 28.4. The van der Waals surface area contributed by atoms with Crippen molar-refractivity contribution in [3.63, 3.8) is 0 Å². The molecule has 0 bridgehead atoms. The van der Waals surface area contributed by atoms with Crippen LogP contribution in [0.4, 0.5) is 0 Å². The van der Waals surface area contributed by atoms with Gasteiger partial charge in [-0.3, -0.25) is 14.4 Å². The van der Waals surface area contributed by atoms with Crippen molar-refractivity contribution < 1.29 is 14.4 Å². The van der Waals surface area contributed by atoms with E-state index in [0.717, 1.165) is 51.4 Å². The van der Waals surface area contributed by atoms with E-state index in [1.54, 1.807) is 0 Å². The molecule has 3 nitrogen and oxygen atoms in total. The topological polar surface area (TPSA) is 51.2 Å². The van der Waals surface area contributed by atoms with Gasteiger partial charge in [0.1, 0.15) is 11.7 Å². The van der Waals surface area contributed by atoms with E-state index in [-0.39, 0.29) is 17.3 Å². The van der Waals surface area contributed by atoms with Crippen LogP contribution in [0.5, 0.6) is 0 Å². The van der Waals surface area contributed by atoms with E-state index >= 15 is 0 Å². The number of unbranched alkanes of at least 4 members (excludes halogenated alkanes) is 22. The van der Waals surface area contributed by atoms with Crippen molar-refractivity contribution in [3.8, 4) is 0 Å². The van der Waals surface area contributed by atoms with Gasteiger partial charge in [0.25, 0.3) is 0 Å². The largest absolute Gasteiger partial charge is 0.299 e. The number of carbonyl (C=O) groups is 3. The fourth-order valence-corrected chi connectivity index (χ4v) is 5.66. The summed E-state index contributed by atoms with van der Waals surface area (Å²) in [7, 11) is 0. The number of hydrogen-bond donors (Lipinski definition) is 0. The van der Waals surface area contributed by atoms with Gasteiger partial charge in [-0.1, -0.05) is 141 Å². The van der Waals surface area contributed by atoms with Gasteiger partial charge >= 0.3 is 0 Å². The summed E-state index contributed by atoms with van der Waals surface area (Å²) in [5.74, 6) is -1.60. The molecule has 0 aromatic rings. The predicted octanol–water partition coefficient (Wildman–Crippen LogP) is 12.4. The molecule has 0 aliphatic rings. The lowest BCUT2D eigenvalue weighted by atomic mass is 9.89. The molecular formula is C39H70O3. The number of carbonyl (C=O) groups excluding carboxylic acids is 3. The zero-order valence-electron chi connectivity index (χ0n) is 28.4. The van der Waals surface area contributed by atoms with E-state index in [0.29, 0.717) is 12.8 Å². The van der Waals surface area contributed by atoms with Crippen LogP contribution in [0.3, 0.4) is 0 Å². The molecule has 3 heteroatoms. The van der Waals surface area contributed by atoms with E-state index in [4.69, 9.17) is 0 Å². The van der Waals surface area contributed by atoms with E-state index in [1.165, 1.54) is 122 Å². The Labute approximate surface area is 262 Å². The average molecular weight is 587 g/mol. The third-order valence-corrected chi connectivity index (χ3v) is 8.42. The van der Waals surface area contributed by atoms with Crippen LogP contribution >= 0.6 is 0 Å². The van der Waals surface area contributed by atoms with Gasteiger partial charge in [-0.15, -0.1) is 0 Å². The SMILES string of the molecule is CCCCCCCCC=CCCCCCCCC(=O)C(C(C)=O)C(=O)CCCCCCCC=CCCCCCCCC. The van der Waals surface area contributed by atoms with Gasteiger partial charge in [0.2, 0.25) is 0 Å². The highest BCUT2D eigenvalue weighted by atomic mass is 16.2. The Morgan fingerprint density at radius 1 is 0.405 bits per heavy atom. The molecule has 0 spiro atoms. The Bertz CT molecular complexity index is 638. The first kappa shape index (κ1) is 40.5. The molecule has 0 aliphatic heterocycles. The van der Waals surface area contributed by atoms with Crippen molar-refractivity contribution >= 4 is 17.3 Å². The highest BCUT2D eigenvalue weighted by Gasteiger charge is 2.29. The van der Waals surface area contributed by atoms with Crippen LogP contribution in [0.25, 0.3) is 0 Å². The van der Waals surface area contributed by atoms with Crippen LogP contribution in [0.1, 0.15) is 201 Å². The van der Waals surface area contributed by atoms with Crippen LogP contribution < -0.4 is 0 Å². The van der Waals surface area contributed by atoms with Gasteiger partial charge < -0.3 is 0 Å². The molecule has 0 saturated heterocycles. The van der Waals surface area contributed by atoms with Crippen LogP contribution in [-0.4, -0.2) is 17.3 Å². The van der Waals surface area contributed by atoms with Gasteiger partial charge in [0.15, 0.2) is 11.6 Å². The van der Waals surface area contributed by atoms with E-state index < -0.39 is 5.92 Å². The standard InChI is InChI=1S/C39H70O3/c1-4-6-8-10-12-14-16-18-20-22-24-26-28-30-32-34-37(41)39(36(3)40)38(42)35-33-31-29-27-25-23-21-19-17-15-13-11-9-7-5-2/h18-21,39H,4-17,22-35H2,1-3H3. The Balaban J connectivity index is 3.76. The third kappa shape index (κ3) is 27.3. The van der Waals surface area contributed by atoms with E-state index in [9.17, 15) is 14.4 Å². The van der Waals surface area contributed by atoms with Crippen LogP contribution in [0, 0.1) is 5.92 Å². The van der Waals surface area contributed by atoms with Gasteiger partial charge in [-0.25, -0.2) is 0 Å². The van der Waals surface area contributed by atoms with Crippen LogP contribution in [0.2, 0.25) is 0 Å². The summed E-state index contributed by atoms with van der Waals surface area (Å²) in [5, 5.41) is 0. The summed E-state index contributed by atoms with van der Waals surface area (Å²) in [5.41, 5.74) is 0. The lowest BCUT2D eigenvalue weighted by Gasteiger charge is -2.12. The quantitative estimate of drug-likeness (QED) is 0.0436. The molecule has 0 N–H and O–H groups in total. The second-order valence-corrected chi connectivity index (χ2v) is 12.6. The second-order valence-electron chi connectivity index (χ2n) is 12.6. The van der Waals surface area contributed by atoms with Gasteiger partial charge in [-0.2, -0.15) is 0 Å². The number of hydrogen-bond acceptors (Lipinski definition) is 3. The van der Waals surface area contributed by atoms with Gasteiger partial charge in [0.05, 0.1) is 0 Å². The maximum atomic E-state index is 12.7. The number of ketones is 3. The molecular weight excluding hydrogens is 516 g/mol. The first-order valence-corrected chi connectivity index (χ1v) is 18.4. The Morgan fingerprint density at radius 3 is 0.952 bits per heavy atom. The second kappa shape index (κ2) is 32.4. The molecule has 0 radical (unpaired) electrons. The smallest absolute Gasteiger partial charge is 0.150 e. The monoisotopic (exact) mass is 587 g/mol. The Kier molecular flexibility index (Phi) is 31.2. The molecule has 0 saturated carbocycles. The van der Waals surface area contributed by atoms with Crippen molar-refractivity contribution in [2.45, 2.75) is 201 Å². The summed E-state index contributed by atoms with van der Waals surface area (Å²) < 4.78 is 0. The zero-order chi connectivity index (χ0) is 30.9. The number of Topliss-reactive ketones (excluding diaryl/α,β-unsaturated/α-hetero) is 3. The molecule has 42 heavy (non-hydrogen) atoms. The first-order valence-electron chi connectivity index (χ1n) is 18.4. The average Bonchev–Trinajstić information content (AvgIpc) is 2.97. The molecule has 0 aliphatic carbocycles. The fraction of sp³-hybridized carbons (Fsp3) is 0.821. The molecule has 0 amide bonds. The highest BCUT2D eigenvalue weighted by Crippen LogP contribution is 2.16. The Morgan fingerprint density at radius 2 is 0.667 bits per heavy atom. The minimum absolute atomic E-state index is 0.155. The lowest BCUT2D eigenvalue weighted by molar-refractivity contribution is -0.139. The molecule has 244 valence electrons. The minimum Gasteiger partial charge on any atom is -0.299 e. The highest BCUT2D eigenvalue weighted by molar-refractivity contribution is 6.18. The maximum absolute atomic E-state index is 12.7.